The molecule has 0 saturated carbocycles. The predicted octanol–water partition coefficient (Wildman–Crippen LogP) is 3.04. The Morgan fingerprint density at radius 3 is 2.85 bits per heavy atom. The topological polar surface area (TPSA) is 79.5 Å². The summed E-state index contributed by atoms with van der Waals surface area (Å²) in [5.74, 6) is -0.762. The van der Waals surface area contributed by atoms with Crippen LogP contribution in [0.1, 0.15) is 12.5 Å². The first kappa shape index (κ1) is 17.7. The number of nitrogens with zero attached hydrogens (tertiary/aromatic N) is 1. The van der Waals surface area contributed by atoms with Crippen LogP contribution in [0.15, 0.2) is 47.5 Å². The fraction of sp³-hybridized carbons (Fsp3) is 0.211. The Bertz CT molecular complexity index is 1150. The van der Waals surface area contributed by atoms with E-state index in [0.29, 0.717) is 11.1 Å². The maximum absolute atomic E-state index is 13.4. The minimum Gasteiger partial charge on any atom is -0.464 e. The molecule has 2 heterocycles. The predicted molar refractivity (Wildman–Crippen MR) is 97.9 cm³/mol. The zero-order valence-electron chi connectivity index (χ0n) is 14.5. The Balaban J connectivity index is 1.66. The molecule has 0 aliphatic carbocycles. The third kappa shape index (κ3) is 3.11. The van der Waals surface area contributed by atoms with E-state index < -0.39 is 16.0 Å². The number of nitrogens with one attached hydrogen (secondary N) is 1. The Morgan fingerprint density at radius 2 is 2.07 bits per heavy atom. The van der Waals surface area contributed by atoms with Crippen molar-refractivity contribution in [3.63, 3.8) is 0 Å². The minimum absolute atomic E-state index is 0.0173. The number of esters is 1. The summed E-state index contributed by atoms with van der Waals surface area (Å²) in [6.45, 7) is 1.64. The summed E-state index contributed by atoms with van der Waals surface area (Å²) in [6.07, 6.45) is 1.79. The van der Waals surface area contributed by atoms with E-state index >= 15 is 0 Å². The molecule has 1 aromatic heterocycles. The Morgan fingerprint density at radius 1 is 1.26 bits per heavy atom. The molecule has 0 amide bonds. The number of aromatic amines is 1. The summed E-state index contributed by atoms with van der Waals surface area (Å²) >= 11 is 0. The van der Waals surface area contributed by atoms with Gasteiger partial charge in [0.05, 0.1) is 4.90 Å². The number of carbonyl (C=O) groups is 1. The third-order valence-corrected chi connectivity index (χ3v) is 6.57. The van der Waals surface area contributed by atoms with Crippen molar-refractivity contribution in [2.24, 2.45) is 0 Å². The minimum atomic E-state index is -3.59. The molecular weight excluding hydrogens is 371 g/mol. The Labute approximate surface area is 155 Å². The van der Waals surface area contributed by atoms with Gasteiger partial charge in [0.25, 0.3) is 0 Å². The Kier molecular flexibility index (Phi) is 4.24. The average Bonchev–Trinajstić information content (AvgIpc) is 3.13. The van der Waals surface area contributed by atoms with Gasteiger partial charge in [-0.05, 0) is 41.5 Å². The molecule has 0 saturated heterocycles. The van der Waals surface area contributed by atoms with Crippen molar-refractivity contribution >= 4 is 26.9 Å². The highest BCUT2D eigenvalue weighted by Crippen LogP contribution is 2.35. The van der Waals surface area contributed by atoms with E-state index in [4.69, 9.17) is 4.74 Å². The highest BCUT2D eigenvalue weighted by atomic mass is 32.2. The molecule has 27 heavy (non-hydrogen) atoms. The van der Waals surface area contributed by atoms with Gasteiger partial charge in [-0.2, -0.15) is 4.31 Å². The highest BCUT2D eigenvalue weighted by Gasteiger charge is 2.34. The fourth-order valence-corrected chi connectivity index (χ4v) is 4.96. The van der Waals surface area contributed by atoms with Crippen LogP contribution >= 0.6 is 0 Å². The lowest BCUT2D eigenvalue weighted by molar-refractivity contribution is -0.141. The number of aromatic nitrogens is 1. The molecule has 0 fully saturated rings. The first-order valence-electron chi connectivity index (χ1n) is 8.40. The molecule has 0 unspecified atom stereocenters. The van der Waals surface area contributed by atoms with Crippen LogP contribution in [-0.2, 0) is 26.1 Å². The van der Waals surface area contributed by atoms with Crippen LogP contribution in [0.2, 0.25) is 0 Å². The number of fused-ring (bicyclic) bond motifs is 2. The quantitative estimate of drug-likeness (QED) is 0.697. The van der Waals surface area contributed by atoms with Gasteiger partial charge in [0.1, 0.15) is 12.4 Å². The molecule has 140 valence electrons. The second-order valence-corrected chi connectivity index (χ2v) is 8.30. The Hall–Kier alpha value is -2.71. The van der Waals surface area contributed by atoms with Crippen LogP contribution < -0.4 is 0 Å². The van der Waals surface area contributed by atoms with Crippen LogP contribution in [0, 0.1) is 5.82 Å². The molecule has 2 aromatic carbocycles. The number of H-pyrrole nitrogens is 1. The van der Waals surface area contributed by atoms with E-state index in [1.54, 1.807) is 24.4 Å². The molecule has 0 bridgehead atoms. The molecule has 0 radical (unpaired) electrons. The monoisotopic (exact) mass is 388 g/mol. The van der Waals surface area contributed by atoms with Crippen molar-refractivity contribution in [2.75, 3.05) is 13.2 Å². The van der Waals surface area contributed by atoms with Gasteiger partial charge in [-0.1, -0.05) is 6.07 Å². The number of rotatable bonds is 4. The molecule has 1 aliphatic rings. The number of benzene rings is 2. The summed E-state index contributed by atoms with van der Waals surface area (Å²) < 4.78 is 44.8. The molecule has 0 atom stereocenters. The number of carbonyl (C=O) groups excluding carboxylic acids is 1. The first-order valence-corrected chi connectivity index (χ1v) is 9.84. The lowest BCUT2D eigenvalue weighted by atomic mass is 10.0. The number of sulfonamides is 1. The molecule has 1 N–H and O–H groups in total. The van der Waals surface area contributed by atoms with Crippen LogP contribution in [0.5, 0.6) is 0 Å². The molecular formula is C19H17FN2O4S. The summed E-state index contributed by atoms with van der Waals surface area (Å²) in [6, 6.07) is 9.70. The van der Waals surface area contributed by atoms with Crippen molar-refractivity contribution in [1.82, 2.24) is 9.29 Å². The van der Waals surface area contributed by atoms with Crippen molar-refractivity contribution in [1.29, 1.82) is 0 Å². The normalized spacial score (nSPS) is 15.8. The zero-order chi connectivity index (χ0) is 19.2. The SMILES string of the molecule is CC(=O)OCCN1Cc2cc(-c3c[nH]c4cc(F)ccc34)ccc2S1(=O)=O. The van der Waals surface area contributed by atoms with Gasteiger partial charge in [0.2, 0.25) is 10.0 Å². The molecule has 1 aliphatic heterocycles. The van der Waals surface area contributed by atoms with Crippen LogP contribution in [-0.4, -0.2) is 36.8 Å². The molecule has 8 heteroatoms. The van der Waals surface area contributed by atoms with Crippen molar-refractivity contribution in [3.8, 4) is 11.1 Å². The first-order chi connectivity index (χ1) is 12.9. The zero-order valence-corrected chi connectivity index (χ0v) is 15.3. The van der Waals surface area contributed by atoms with Crippen molar-refractivity contribution < 1.29 is 22.3 Å². The third-order valence-electron chi connectivity index (χ3n) is 4.63. The van der Waals surface area contributed by atoms with Gasteiger partial charge < -0.3 is 9.72 Å². The standard InChI is InChI=1S/C19H17FN2O4S/c1-12(23)26-7-6-22-11-14-8-13(2-5-19(14)27(22,24)25)17-10-21-18-9-15(20)3-4-16(17)18/h2-5,8-10,21H,6-7,11H2,1H3. The molecule has 0 spiro atoms. The number of hydrogen-bond acceptors (Lipinski definition) is 4. The van der Waals surface area contributed by atoms with Gasteiger partial charge in [0, 0.05) is 42.7 Å². The maximum Gasteiger partial charge on any atom is 0.302 e. The number of ether oxygens (including phenoxy) is 1. The van der Waals surface area contributed by atoms with Gasteiger partial charge >= 0.3 is 5.97 Å². The van der Waals surface area contributed by atoms with Crippen molar-refractivity contribution in [2.45, 2.75) is 18.4 Å². The van der Waals surface area contributed by atoms with Gasteiger partial charge in [-0.3, -0.25) is 4.79 Å². The van der Waals surface area contributed by atoms with E-state index in [1.807, 2.05) is 6.07 Å². The second kappa shape index (κ2) is 6.47. The summed E-state index contributed by atoms with van der Waals surface area (Å²) in [5.41, 5.74) is 3.10. The molecule has 3 aromatic rings. The lowest BCUT2D eigenvalue weighted by Gasteiger charge is -2.13. The average molecular weight is 388 g/mol. The van der Waals surface area contributed by atoms with Crippen LogP contribution in [0.4, 0.5) is 4.39 Å². The maximum atomic E-state index is 13.4. The van der Waals surface area contributed by atoms with E-state index in [-0.39, 0.29) is 30.4 Å². The van der Waals surface area contributed by atoms with Gasteiger partial charge in [-0.15, -0.1) is 0 Å². The van der Waals surface area contributed by atoms with Crippen molar-refractivity contribution in [3.05, 3.63) is 54.0 Å². The van der Waals surface area contributed by atoms with Gasteiger partial charge in [-0.25, -0.2) is 12.8 Å². The number of hydrogen-bond donors (Lipinski definition) is 1. The van der Waals surface area contributed by atoms with Crippen LogP contribution in [0.3, 0.4) is 0 Å². The molecule has 6 nitrogen and oxygen atoms in total. The van der Waals surface area contributed by atoms with E-state index in [0.717, 1.165) is 16.5 Å². The van der Waals surface area contributed by atoms with E-state index in [1.165, 1.54) is 23.4 Å². The number of halogens is 1. The highest BCUT2D eigenvalue weighted by molar-refractivity contribution is 7.89. The van der Waals surface area contributed by atoms with E-state index in [2.05, 4.69) is 4.98 Å². The lowest BCUT2D eigenvalue weighted by Crippen LogP contribution is -2.28. The fourth-order valence-electron chi connectivity index (χ4n) is 3.36. The molecule has 4 rings (SSSR count). The smallest absolute Gasteiger partial charge is 0.302 e. The largest absolute Gasteiger partial charge is 0.464 e. The van der Waals surface area contributed by atoms with Gasteiger partial charge in [0.15, 0.2) is 0 Å². The summed E-state index contributed by atoms with van der Waals surface area (Å²) in [5, 5.41) is 0.865. The summed E-state index contributed by atoms with van der Waals surface area (Å²) in [4.78, 5) is 14.2. The van der Waals surface area contributed by atoms with Crippen LogP contribution in [0.25, 0.3) is 22.0 Å². The van der Waals surface area contributed by atoms with E-state index in [9.17, 15) is 17.6 Å². The summed E-state index contributed by atoms with van der Waals surface area (Å²) in [7, 11) is -3.59. The second-order valence-electron chi connectivity index (χ2n) is 6.39.